The van der Waals surface area contributed by atoms with Crippen molar-refractivity contribution >= 4 is 27.4 Å². The van der Waals surface area contributed by atoms with Crippen LogP contribution in [-0.4, -0.2) is 12.6 Å². The second kappa shape index (κ2) is 7.43. The Morgan fingerprint density at radius 2 is 1.97 bits per heavy atom. The number of allylic oxidation sites excluding steroid dienone is 3. The molecule has 2 aromatic rings. The van der Waals surface area contributed by atoms with E-state index in [9.17, 15) is 14.4 Å². The fourth-order valence-electron chi connectivity index (χ4n) is 4.45. The van der Waals surface area contributed by atoms with Crippen LogP contribution in [-0.2, 0) is 4.79 Å². The third-order valence-electron chi connectivity index (χ3n) is 5.79. The topological polar surface area (TPSA) is 88.6 Å². The molecule has 156 valence electrons. The van der Waals surface area contributed by atoms with Crippen LogP contribution < -0.4 is 20.1 Å². The summed E-state index contributed by atoms with van der Waals surface area (Å²) in [6, 6.07) is 12.2. The minimum Gasteiger partial charge on any atom is -0.454 e. The molecule has 2 aromatic carbocycles. The van der Waals surface area contributed by atoms with Gasteiger partial charge in [0.1, 0.15) is 11.6 Å². The van der Waals surface area contributed by atoms with E-state index in [1.165, 1.54) is 11.0 Å². The lowest BCUT2D eigenvalue weighted by molar-refractivity contribution is -0.116. The molecule has 0 bridgehead atoms. The minimum absolute atomic E-state index is 0.0633. The van der Waals surface area contributed by atoms with Gasteiger partial charge in [0.25, 0.3) is 0 Å². The Kier molecular flexibility index (Phi) is 4.71. The maximum absolute atomic E-state index is 14.9. The average Bonchev–Trinajstić information content (AvgIpc) is 3.22. The van der Waals surface area contributed by atoms with Crippen molar-refractivity contribution in [2.75, 3.05) is 11.7 Å². The van der Waals surface area contributed by atoms with E-state index in [2.05, 4.69) is 22.0 Å². The highest BCUT2D eigenvalue weighted by Crippen LogP contribution is 2.48. The summed E-state index contributed by atoms with van der Waals surface area (Å²) in [6.45, 7) is 0.121. The lowest BCUT2D eigenvalue weighted by Crippen LogP contribution is -2.39. The fourth-order valence-corrected chi connectivity index (χ4v) is 4.78. The number of hydrogen-bond donors (Lipinski definition) is 1. The first-order valence-corrected chi connectivity index (χ1v) is 10.6. The molecule has 5 rings (SSSR count). The normalized spacial score (nSPS) is 20.1. The number of ether oxygens (including phenoxy) is 2. The van der Waals surface area contributed by atoms with Gasteiger partial charge in [-0.3, -0.25) is 9.69 Å². The molecule has 31 heavy (non-hydrogen) atoms. The van der Waals surface area contributed by atoms with E-state index < -0.39 is 11.7 Å². The number of rotatable bonds is 2. The summed E-state index contributed by atoms with van der Waals surface area (Å²) in [5, 5.41) is 10.0. The van der Waals surface area contributed by atoms with Crippen LogP contribution >= 0.6 is 15.9 Å². The number of anilines is 1. The Bertz CT molecular complexity index is 1230. The Morgan fingerprint density at radius 3 is 2.74 bits per heavy atom. The number of carbonyl (C=O) groups is 1. The van der Waals surface area contributed by atoms with E-state index in [4.69, 9.17) is 15.2 Å². The molecule has 0 spiro atoms. The number of nitrogens with zero attached hydrogens (tertiary/aromatic N) is 2. The van der Waals surface area contributed by atoms with Gasteiger partial charge in [-0.2, -0.15) is 5.26 Å². The summed E-state index contributed by atoms with van der Waals surface area (Å²) in [5.74, 6) is 0.0857. The van der Waals surface area contributed by atoms with E-state index >= 15 is 0 Å². The Morgan fingerprint density at radius 1 is 1.16 bits per heavy atom. The average molecular weight is 482 g/mol. The molecular weight excluding hydrogens is 465 g/mol. The molecule has 2 aliphatic heterocycles. The van der Waals surface area contributed by atoms with Gasteiger partial charge in [-0.1, -0.05) is 22.0 Å². The molecule has 0 saturated carbocycles. The highest BCUT2D eigenvalue weighted by Gasteiger charge is 2.41. The van der Waals surface area contributed by atoms with Crippen molar-refractivity contribution in [2.45, 2.75) is 25.2 Å². The van der Waals surface area contributed by atoms with Gasteiger partial charge in [-0.15, -0.1) is 0 Å². The van der Waals surface area contributed by atoms with Gasteiger partial charge in [0.2, 0.25) is 6.79 Å². The highest BCUT2D eigenvalue weighted by molar-refractivity contribution is 9.10. The van der Waals surface area contributed by atoms with E-state index in [1.54, 1.807) is 24.3 Å². The van der Waals surface area contributed by atoms with Gasteiger partial charge in [-0.05, 0) is 48.7 Å². The molecule has 0 radical (unpaired) electrons. The summed E-state index contributed by atoms with van der Waals surface area (Å²) >= 11 is 3.26. The van der Waals surface area contributed by atoms with Crippen molar-refractivity contribution in [1.82, 2.24) is 0 Å². The molecule has 2 N–H and O–H groups in total. The van der Waals surface area contributed by atoms with Crippen molar-refractivity contribution < 1.29 is 18.7 Å². The van der Waals surface area contributed by atoms with E-state index in [1.807, 2.05) is 6.07 Å². The maximum Gasteiger partial charge on any atom is 0.231 e. The Labute approximate surface area is 186 Å². The lowest BCUT2D eigenvalue weighted by atomic mass is 9.75. The zero-order valence-corrected chi connectivity index (χ0v) is 17.9. The van der Waals surface area contributed by atoms with E-state index in [0.29, 0.717) is 52.1 Å². The predicted molar refractivity (Wildman–Crippen MR) is 115 cm³/mol. The van der Waals surface area contributed by atoms with Crippen LogP contribution in [0.1, 0.15) is 30.7 Å². The molecule has 1 atom stereocenters. The molecule has 6 nitrogen and oxygen atoms in total. The van der Waals surface area contributed by atoms with Gasteiger partial charge >= 0.3 is 0 Å². The molecule has 2 heterocycles. The van der Waals surface area contributed by atoms with Crippen molar-refractivity contribution in [3.63, 3.8) is 0 Å². The molecule has 0 amide bonds. The Hall–Kier alpha value is -3.31. The van der Waals surface area contributed by atoms with Crippen molar-refractivity contribution in [1.29, 1.82) is 5.26 Å². The quantitative estimate of drug-likeness (QED) is 0.672. The van der Waals surface area contributed by atoms with Crippen LogP contribution in [0.4, 0.5) is 10.1 Å². The molecule has 0 saturated heterocycles. The number of ketones is 1. The Balaban J connectivity index is 1.73. The van der Waals surface area contributed by atoms with Crippen LogP contribution in [0.25, 0.3) is 0 Å². The monoisotopic (exact) mass is 481 g/mol. The third-order valence-corrected chi connectivity index (χ3v) is 6.29. The van der Waals surface area contributed by atoms with Crippen LogP contribution in [0.2, 0.25) is 0 Å². The predicted octanol–water partition coefficient (Wildman–Crippen LogP) is 4.62. The van der Waals surface area contributed by atoms with Crippen LogP contribution in [0.15, 0.2) is 63.5 Å². The van der Waals surface area contributed by atoms with Gasteiger partial charge in [-0.25, -0.2) is 4.39 Å². The zero-order chi connectivity index (χ0) is 21.7. The molecule has 8 heteroatoms. The molecular formula is C23H17BrFN3O3. The lowest BCUT2D eigenvalue weighted by Gasteiger charge is -2.39. The second-order valence-corrected chi connectivity index (χ2v) is 8.44. The van der Waals surface area contributed by atoms with E-state index in [0.717, 1.165) is 0 Å². The van der Waals surface area contributed by atoms with Crippen molar-refractivity contribution in [3.8, 4) is 17.6 Å². The first-order chi connectivity index (χ1) is 15.0. The second-order valence-electron chi connectivity index (χ2n) is 7.52. The number of nitrogens with two attached hydrogens (primary N) is 1. The fraction of sp³-hybridized carbons (Fsp3) is 0.217. The number of Topliss-reactive ketones (excluding diaryl/α,β-unsaturated/α-hetero) is 1. The molecule has 1 unspecified atom stereocenters. The first kappa shape index (κ1) is 19.6. The number of fused-ring (bicyclic) bond motifs is 1. The van der Waals surface area contributed by atoms with Crippen molar-refractivity contribution in [3.05, 3.63) is 74.9 Å². The SMILES string of the molecule is N#CC1=C(N)N(c2ccc(Br)cc2F)C2=C(C(=O)CCC2)C1c1ccc2c(c1)OCO2. The summed E-state index contributed by atoms with van der Waals surface area (Å²) in [4.78, 5) is 14.6. The molecule has 0 aromatic heterocycles. The zero-order valence-electron chi connectivity index (χ0n) is 16.3. The maximum atomic E-state index is 14.9. The van der Waals surface area contributed by atoms with Gasteiger partial charge < -0.3 is 15.2 Å². The van der Waals surface area contributed by atoms with Crippen molar-refractivity contribution in [2.24, 2.45) is 5.73 Å². The highest BCUT2D eigenvalue weighted by atomic mass is 79.9. The third kappa shape index (κ3) is 3.08. The summed E-state index contributed by atoms with van der Waals surface area (Å²) in [7, 11) is 0. The van der Waals surface area contributed by atoms with E-state index in [-0.39, 0.29) is 29.7 Å². The number of carbonyl (C=O) groups excluding carboxylic acids is 1. The molecule has 1 aliphatic carbocycles. The van der Waals surface area contributed by atoms with Gasteiger partial charge in [0.15, 0.2) is 17.3 Å². The largest absolute Gasteiger partial charge is 0.454 e. The van der Waals surface area contributed by atoms with Gasteiger partial charge in [0, 0.05) is 22.2 Å². The summed E-state index contributed by atoms with van der Waals surface area (Å²) in [6.07, 6.45) is 1.56. The number of halogens is 2. The summed E-state index contributed by atoms with van der Waals surface area (Å²) < 4.78 is 26.4. The number of nitriles is 1. The van der Waals surface area contributed by atoms with Crippen LogP contribution in [0.5, 0.6) is 11.5 Å². The van der Waals surface area contributed by atoms with Crippen LogP contribution in [0, 0.1) is 17.1 Å². The number of benzene rings is 2. The van der Waals surface area contributed by atoms with Crippen LogP contribution in [0.3, 0.4) is 0 Å². The number of hydrogen-bond acceptors (Lipinski definition) is 6. The first-order valence-electron chi connectivity index (χ1n) is 9.80. The summed E-state index contributed by atoms with van der Waals surface area (Å²) in [5.41, 5.74) is 8.71. The molecule has 0 fully saturated rings. The standard InChI is InChI=1S/C23H17BrFN3O3/c24-13-5-6-16(15(25)9-13)28-17-2-1-3-18(29)22(17)21(14(10-26)23(28)27)12-4-7-19-20(8-12)31-11-30-19/h4-9,21H,1-3,11,27H2. The van der Waals surface area contributed by atoms with Gasteiger partial charge in [0.05, 0.1) is 23.2 Å². The smallest absolute Gasteiger partial charge is 0.231 e. The minimum atomic E-state index is -0.642. The molecule has 3 aliphatic rings.